The van der Waals surface area contributed by atoms with Crippen molar-refractivity contribution in [1.82, 2.24) is 9.80 Å². The zero-order chi connectivity index (χ0) is 11.9. The predicted molar refractivity (Wildman–Crippen MR) is 51.3 cm³/mol. The molecule has 0 aliphatic carbocycles. The SMILES string of the molecule is OB(O)CN1[C@@H](F)CN2CCCC2C1(F)F. The first-order chi connectivity index (χ1) is 7.43. The van der Waals surface area contributed by atoms with Gasteiger partial charge in [-0.3, -0.25) is 4.90 Å². The third-order valence-corrected chi connectivity index (χ3v) is 3.23. The van der Waals surface area contributed by atoms with Crippen molar-refractivity contribution in [2.24, 2.45) is 0 Å². The molecule has 2 N–H and O–H groups in total. The highest BCUT2D eigenvalue weighted by Gasteiger charge is 2.57. The van der Waals surface area contributed by atoms with Crippen LogP contribution in [0.5, 0.6) is 0 Å². The molecule has 0 aromatic carbocycles. The number of halogens is 3. The van der Waals surface area contributed by atoms with E-state index in [1.165, 1.54) is 4.90 Å². The monoisotopic (exact) mass is 238 g/mol. The second-order valence-corrected chi connectivity index (χ2v) is 4.31. The van der Waals surface area contributed by atoms with Gasteiger partial charge in [-0.1, -0.05) is 0 Å². The van der Waals surface area contributed by atoms with Gasteiger partial charge in [0.2, 0.25) is 0 Å². The zero-order valence-electron chi connectivity index (χ0n) is 8.69. The lowest BCUT2D eigenvalue weighted by Crippen LogP contribution is -2.66. The van der Waals surface area contributed by atoms with Crippen LogP contribution in [0.2, 0.25) is 0 Å². The van der Waals surface area contributed by atoms with Crippen LogP contribution in [0, 0.1) is 0 Å². The molecule has 16 heavy (non-hydrogen) atoms. The number of rotatable bonds is 2. The maximum atomic E-state index is 13.9. The largest absolute Gasteiger partial charge is 0.466 e. The fraction of sp³-hybridized carbons (Fsp3) is 1.00. The maximum absolute atomic E-state index is 13.9. The Balaban J connectivity index is 2.17. The summed E-state index contributed by atoms with van der Waals surface area (Å²) in [5.74, 6) is 0. The van der Waals surface area contributed by atoms with E-state index < -0.39 is 31.9 Å². The topological polar surface area (TPSA) is 46.9 Å². The quantitative estimate of drug-likeness (QED) is 0.510. The normalized spacial score (nSPS) is 35.1. The molecule has 2 heterocycles. The molecule has 2 saturated heterocycles. The number of hydrogen-bond donors (Lipinski definition) is 2. The van der Waals surface area contributed by atoms with Crippen molar-refractivity contribution in [3.63, 3.8) is 0 Å². The number of alkyl halides is 3. The summed E-state index contributed by atoms with van der Waals surface area (Å²) >= 11 is 0. The number of hydrogen-bond acceptors (Lipinski definition) is 4. The summed E-state index contributed by atoms with van der Waals surface area (Å²) in [7, 11) is -1.95. The lowest BCUT2D eigenvalue weighted by atomic mass is 9.89. The molecule has 2 aliphatic rings. The Labute approximate surface area is 91.8 Å². The first-order valence-corrected chi connectivity index (χ1v) is 5.31. The third-order valence-electron chi connectivity index (χ3n) is 3.23. The Morgan fingerprint density at radius 1 is 1.38 bits per heavy atom. The molecule has 92 valence electrons. The molecule has 0 aromatic heterocycles. The lowest BCUT2D eigenvalue weighted by Gasteiger charge is -2.45. The van der Waals surface area contributed by atoms with Gasteiger partial charge in [-0.15, -0.1) is 0 Å². The number of piperazine rings is 1. The minimum Gasteiger partial charge on any atom is -0.426 e. The smallest absolute Gasteiger partial charge is 0.426 e. The first-order valence-electron chi connectivity index (χ1n) is 5.31. The zero-order valence-corrected chi connectivity index (χ0v) is 8.69. The van der Waals surface area contributed by atoms with E-state index in [0.717, 1.165) is 0 Å². The van der Waals surface area contributed by atoms with Gasteiger partial charge < -0.3 is 10.0 Å². The average Bonchev–Trinajstić information content (AvgIpc) is 2.60. The molecule has 0 radical (unpaired) electrons. The minimum absolute atomic E-state index is 0.0903. The summed E-state index contributed by atoms with van der Waals surface area (Å²) in [6.45, 7) is 0.392. The van der Waals surface area contributed by atoms with Gasteiger partial charge in [-0.2, -0.15) is 8.78 Å². The average molecular weight is 238 g/mol. The van der Waals surface area contributed by atoms with E-state index in [2.05, 4.69) is 0 Å². The second-order valence-electron chi connectivity index (χ2n) is 4.31. The van der Waals surface area contributed by atoms with Gasteiger partial charge >= 0.3 is 13.2 Å². The molecule has 2 rings (SSSR count). The molecule has 2 atom stereocenters. The molecule has 0 saturated carbocycles. The van der Waals surface area contributed by atoms with Crippen LogP contribution in [-0.4, -0.2) is 64.9 Å². The number of fused-ring (bicyclic) bond motifs is 1. The van der Waals surface area contributed by atoms with Crippen LogP contribution in [0.3, 0.4) is 0 Å². The highest BCUT2D eigenvalue weighted by atomic mass is 19.3. The molecule has 2 fully saturated rings. The molecule has 4 nitrogen and oxygen atoms in total. The highest BCUT2D eigenvalue weighted by Crippen LogP contribution is 2.39. The fourth-order valence-corrected chi connectivity index (χ4v) is 2.52. The van der Waals surface area contributed by atoms with Gasteiger partial charge in [0.15, 0.2) is 6.30 Å². The van der Waals surface area contributed by atoms with E-state index in [1.807, 2.05) is 0 Å². The van der Waals surface area contributed by atoms with Crippen LogP contribution in [0.4, 0.5) is 13.2 Å². The molecule has 8 heteroatoms. The Kier molecular flexibility index (Phi) is 3.17. The van der Waals surface area contributed by atoms with E-state index in [9.17, 15) is 13.2 Å². The summed E-state index contributed by atoms with van der Waals surface area (Å²) in [5.41, 5.74) is 0. The molecule has 2 aliphatic heterocycles. The van der Waals surface area contributed by atoms with Crippen LogP contribution in [0.25, 0.3) is 0 Å². The number of nitrogens with zero attached hydrogens (tertiary/aromatic N) is 2. The standard InChI is InChI=1S/C8H14BF3N2O2/c10-7-4-13-3-1-2-6(13)8(11,12)14(7)5-9(15)16/h6-7,15-16H,1-5H2/t6?,7-/m1/s1. The third kappa shape index (κ3) is 1.94. The van der Waals surface area contributed by atoms with Crippen molar-refractivity contribution in [3.05, 3.63) is 0 Å². The van der Waals surface area contributed by atoms with Crippen molar-refractivity contribution in [3.8, 4) is 0 Å². The van der Waals surface area contributed by atoms with E-state index in [-0.39, 0.29) is 11.4 Å². The van der Waals surface area contributed by atoms with E-state index in [4.69, 9.17) is 10.0 Å². The van der Waals surface area contributed by atoms with Gasteiger partial charge in [-0.25, -0.2) is 9.29 Å². The molecule has 1 unspecified atom stereocenters. The van der Waals surface area contributed by atoms with Crippen molar-refractivity contribution >= 4 is 7.12 Å². The van der Waals surface area contributed by atoms with Gasteiger partial charge in [0.05, 0.1) is 6.04 Å². The van der Waals surface area contributed by atoms with E-state index in [1.54, 1.807) is 0 Å². The molecule has 0 bridgehead atoms. The summed E-state index contributed by atoms with van der Waals surface area (Å²) in [6.07, 6.45) is -1.68. The summed E-state index contributed by atoms with van der Waals surface area (Å²) in [6, 6.07) is -4.34. The Bertz CT molecular complexity index is 270. The molecule has 0 aromatic rings. The van der Waals surface area contributed by atoms with E-state index >= 15 is 0 Å². The highest BCUT2D eigenvalue weighted by molar-refractivity contribution is 6.41. The molecular formula is C8H14BF3N2O2. The Hall–Kier alpha value is -0.305. The second kappa shape index (κ2) is 4.17. The Morgan fingerprint density at radius 2 is 2.06 bits per heavy atom. The van der Waals surface area contributed by atoms with Gasteiger partial charge in [0.25, 0.3) is 0 Å². The lowest BCUT2D eigenvalue weighted by molar-refractivity contribution is -0.247. The van der Waals surface area contributed by atoms with Gasteiger partial charge in [0, 0.05) is 13.0 Å². The van der Waals surface area contributed by atoms with Crippen molar-refractivity contribution in [1.29, 1.82) is 0 Å². The molecule has 0 amide bonds. The molecule has 0 spiro atoms. The van der Waals surface area contributed by atoms with Gasteiger partial charge in [-0.05, 0) is 19.4 Å². The summed E-state index contributed by atoms with van der Waals surface area (Å²) < 4.78 is 41.2. The van der Waals surface area contributed by atoms with Crippen LogP contribution >= 0.6 is 0 Å². The Morgan fingerprint density at radius 3 is 2.69 bits per heavy atom. The summed E-state index contributed by atoms with van der Waals surface area (Å²) in [4.78, 5) is 1.69. The van der Waals surface area contributed by atoms with Crippen LogP contribution < -0.4 is 0 Å². The van der Waals surface area contributed by atoms with E-state index in [0.29, 0.717) is 19.4 Å². The summed E-state index contributed by atoms with van der Waals surface area (Å²) in [5, 5.41) is 17.4. The van der Waals surface area contributed by atoms with Crippen molar-refractivity contribution < 1.29 is 23.2 Å². The fourth-order valence-electron chi connectivity index (χ4n) is 2.52. The van der Waals surface area contributed by atoms with Gasteiger partial charge in [0.1, 0.15) is 0 Å². The van der Waals surface area contributed by atoms with Crippen LogP contribution in [-0.2, 0) is 0 Å². The van der Waals surface area contributed by atoms with Crippen molar-refractivity contribution in [2.45, 2.75) is 31.2 Å². The minimum atomic E-state index is -3.34. The van der Waals surface area contributed by atoms with Crippen LogP contribution in [0.1, 0.15) is 12.8 Å². The predicted octanol–water partition coefficient (Wildman–Crippen LogP) is -0.333. The maximum Gasteiger partial charge on any atom is 0.466 e. The first kappa shape index (κ1) is 12.2. The van der Waals surface area contributed by atoms with Crippen LogP contribution in [0.15, 0.2) is 0 Å². The molecular weight excluding hydrogens is 224 g/mol. The van der Waals surface area contributed by atoms with Crippen molar-refractivity contribution in [2.75, 3.05) is 19.5 Å².